The lowest BCUT2D eigenvalue weighted by Crippen LogP contribution is -2.03. The van der Waals surface area contributed by atoms with Gasteiger partial charge in [0.1, 0.15) is 11.5 Å². The molecule has 3 rings (SSSR count). The van der Waals surface area contributed by atoms with Crippen LogP contribution in [0.5, 0.6) is 11.5 Å². The fourth-order valence-electron chi connectivity index (χ4n) is 2.25. The molecule has 0 aliphatic carbocycles. The minimum Gasteiger partial charge on any atom is -0.496 e. The number of benzene rings is 1. The van der Waals surface area contributed by atoms with Gasteiger partial charge in [-0.15, -0.1) is 11.3 Å². The van der Waals surface area contributed by atoms with Crippen LogP contribution in [0.4, 0.5) is 0 Å². The van der Waals surface area contributed by atoms with E-state index in [0.717, 1.165) is 10.4 Å². The third-order valence-corrected chi connectivity index (χ3v) is 4.25. The second-order valence-corrected chi connectivity index (χ2v) is 5.82. The van der Waals surface area contributed by atoms with Crippen LogP contribution < -0.4 is 9.47 Å². The first-order valence-corrected chi connectivity index (χ1v) is 7.79. The number of esters is 1. The van der Waals surface area contributed by atoms with Crippen molar-refractivity contribution in [3.63, 3.8) is 0 Å². The second kappa shape index (κ2) is 6.26. The van der Waals surface area contributed by atoms with Gasteiger partial charge in [0, 0.05) is 5.56 Å². The highest BCUT2D eigenvalue weighted by atomic mass is 32.1. The maximum Gasteiger partial charge on any atom is 0.363 e. The Kier molecular flexibility index (Phi) is 4.16. The first kappa shape index (κ1) is 15.3. The third-order valence-electron chi connectivity index (χ3n) is 3.39. The van der Waals surface area contributed by atoms with Crippen molar-refractivity contribution in [1.29, 1.82) is 0 Å². The van der Waals surface area contributed by atoms with E-state index in [1.807, 2.05) is 36.6 Å². The zero-order valence-electron chi connectivity index (χ0n) is 13.0. The highest BCUT2D eigenvalue weighted by Crippen LogP contribution is 2.31. The number of nitrogens with zero attached hydrogens (tertiary/aromatic N) is 1. The van der Waals surface area contributed by atoms with Gasteiger partial charge in [0.05, 0.1) is 19.1 Å². The predicted molar refractivity (Wildman–Crippen MR) is 89.2 cm³/mol. The van der Waals surface area contributed by atoms with Crippen LogP contribution in [0.3, 0.4) is 0 Å². The van der Waals surface area contributed by atoms with Crippen molar-refractivity contribution < 1.29 is 19.0 Å². The Bertz CT molecular complexity index is 806. The summed E-state index contributed by atoms with van der Waals surface area (Å²) in [5.74, 6) is 1.21. The van der Waals surface area contributed by atoms with Crippen molar-refractivity contribution in [1.82, 2.24) is 0 Å². The Labute approximate surface area is 137 Å². The molecular formula is C17H15NO4S. The summed E-state index contributed by atoms with van der Waals surface area (Å²) in [5, 5.41) is 1.90. The van der Waals surface area contributed by atoms with Gasteiger partial charge in [0.25, 0.3) is 0 Å². The minimum atomic E-state index is -0.477. The van der Waals surface area contributed by atoms with E-state index >= 15 is 0 Å². The number of cyclic esters (lactones) is 1. The summed E-state index contributed by atoms with van der Waals surface area (Å²) in [5.41, 5.74) is 1.89. The Hall–Kier alpha value is -2.60. The number of rotatable bonds is 4. The van der Waals surface area contributed by atoms with Gasteiger partial charge in [0.2, 0.25) is 5.90 Å². The topological polar surface area (TPSA) is 57.1 Å². The summed E-state index contributed by atoms with van der Waals surface area (Å²) in [6.45, 7) is 1.93. The van der Waals surface area contributed by atoms with Gasteiger partial charge >= 0.3 is 5.97 Å². The number of carbonyl (C=O) groups is 1. The average Bonchev–Trinajstić information content (AvgIpc) is 3.19. The monoisotopic (exact) mass is 329 g/mol. The molecule has 5 nitrogen and oxygen atoms in total. The van der Waals surface area contributed by atoms with Crippen LogP contribution in [0.15, 0.2) is 40.3 Å². The third kappa shape index (κ3) is 2.98. The lowest BCUT2D eigenvalue weighted by molar-refractivity contribution is -0.129. The molecule has 6 heteroatoms. The van der Waals surface area contributed by atoms with Crippen LogP contribution >= 0.6 is 11.3 Å². The molecule has 0 radical (unpaired) electrons. The number of hydrogen-bond acceptors (Lipinski definition) is 6. The van der Waals surface area contributed by atoms with Crippen molar-refractivity contribution in [2.75, 3.05) is 14.2 Å². The van der Waals surface area contributed by atoms with E-state index < -0.39 is 5.97 Å². The van der Waals surface area contributed by atoms with Crippen molar-refractivity contribution in [3.8, 4) is 11.5 Å². The number of carbonyl (C=O) groups excluding carboxylic acids is 1. The van der Waals surface area contributed by atoms with Gasteiger partial charge in [-0.3, -0.25) is 0 Å². The second-order valence-electron chi connectivity index (χ2n) is 4.88. The van der Waals surface area contributed by atoms with Gasteiger partial charge in [-0.25, -0.2) is 9.79 Å². The van der Waals surface area contributed by atoms with Crippen LogP contribution in [-0.2, 0) is 9.53 Å². The molecule has 0 unspecified atom stereocenters. The number of thiophene rings is 1. The molecule has 1 aliphatic heterocycles. The van der Waals surface area contributed by atoms with E-state index in [-0.39, 0.29) is 5.70 Å². The number of aryl methyl sites for hydroxylation is 1. The molecule has 118 valence electrons. The largest absolute Gasteiger partial charge is 0.496 e. The van der Waals surface area contributed by atoms with Gasteiger partial charge in [0.15, 0.2) is 5.70 Å². The Morgan fingerprint density at radius 3 is 2.65 bits per heavy atom. The quantitative estimate of drug-likeness (QED) is 0.637. The van der Waals surface area contributed by atoms with E-state index in [9.17, 15) is 4.79 Å². The summed E-state index contributed by atoms with van der Waals surface area (Å²) in [7, 11) is 3.18. The van der Waals surface area contributed by atoms with Crippen molar-refractivity contribution >= 4 is 29.3 Å². The molecule has 0 spiro atoms. The number of hydrogen-bond donors (Lipinski definition) is 0. The molecule has 0 fully saturated rings. The fraction of sp³-hybridized carbons (Fsp3) is 0.176. The molecule has 1 aromatic carbocycles. The van der Waals surface area contributed by atoms with Crippen molar-refractivity contribution in [3.05, 3.63) is 51.3 Å². The molecule has 1 aliphatic rings. The molecule has 0 saturated carbocycles. The maximum atomic E-state index is 12.0. The SMILES string of the molecule is COc1cc(/C=C2/N=C(c3cccs3)OC2=O)c(OC)cc1C. The van der Waals surface area contributed by atoms with Crippen LogP contribution in [0.25, 0.3) is 6.08 Å². The number of ether oxygens (including phenoxy) is 3. The summed E-state index contributed by atoms with van der Waals surface area (Å²) < 4.78 is 15.9. The van der Waals surface area contributed by atoms with E-state index in [4.69, 9.17) is 14.2 Å². The highest BCUT2D eigenvalue weighted by molar-refractivity contribution is 7.12. The molecule has 0 N–H and O–H groups in total. The normalized spacial score (nSPS) is 15.5. The lowest BCUT2D eigenvalue weighted by atomic mass is 10.1. The van der Waals surface area contributed by atoms with E-state index in [1.54, 1.807) is 20.3 Å². The lowest BCUT2D eigenvalue weighted by Gasteiger charge is -2.10. The average molecular weight is 329 g/mol. The van der Waals surface area contributed by atoms with Crippen molar-refractivity contribution in [2.24, 2.45) is 4.99 Å². The zero-order valence-corrected chi connectivity index (χ0v) is 13.8. The molecule has 1 aromatic heterocycles. The van der Waals surface area contributed by atoms with Gasteiger partial charge in [-0.05, 0) is 42.1 Å². The summed E-state index contributed by atoms with van der Waals surface area (Å²) in [4.78, 5) is 17.1. The van der Waals surface area contributed by atoms with Crippen LogP contribution in [0.2, 0.25) is 0 Å². The summed E-state index contributed by atoms with van der Waals surface area (Å²) in [6, 6.07) is 7.41. The first-order chi connectivity index (χ1) is 11.1. The molecule has 23 heavy (non-hydrogen) atoms. The molecule has 0 atom stereocenters. The van der Waals surface area contributed by atoms with Gasteiger partial charge in [-0.2, -0.15) is 0 Å². The van der Waals surface area contributed by atoms with Crippen LogP contribution in [0, 0.1) is 6.92 Å². The molecule has 2 heterocycles. The van der Waals surface area contributed by atoms with E-state index in [0.29, 0.717) is 23.0 Å². The summed E-state index contributed by atoms with van der Waals surface area (Å²) in [6.07, 6.45) is 1.64. The molecular weight excluding hydrogens is 314 g/mol. The van der Waals surface area contributed by atoms with Crippen molar-refractivity contribution in [2.45, 2.75) is 6.92 Å². The molecule has 0 saturated heterocycles. The van der Waals surface area contributed by atoms with Gasteiger partial charge < -0.3 is 14.2 Å². The Balaban J connectivity index is 2.02. The van der Waals surface area contributed by atoms with E-state index in [2.05, 4.69) is 4.99 Å². The van der Waals surface area contributed by atoms with E-state index in [1.165, 1.54) is 11.3 Å². The first-order valence-electron chi connectivity index (χ1n) is 6.91. The highest BCUT2D eigenvalue weighted by Gasteiger charge is 2.25. The molecule has 2 aromatic rings. The maximum absolute atomic E-state index is 12.0. The fourth-order valence-corrected chi connectivity index (χ4v) is 2.90. The number of methoxy groups -OCH3 is 2. The number of aliphatic imine (C=N–C) groups is 1. The molecule has 0 bridgehead atoms. The Morgan fingerprint density at radius 2 is 2.00 bits per heavy atom. The van der Waals surface area contributed by atoms with Gasteiger partial charge in [-0.1, -0.05) is 6.07 Å². The smallest absolute Gasteiger partial charge is 0.363 e. The predicted octanol–water partition coefficient (Wildman–Crippen LogP) is 3.42. The zero-order chi connectivity index (χ0) is 16.4. The standard InChI is InChI=1S/C17H15NO4S/c1-10-7-14(21-3)11(9-13(10)20-2)8-12-17(19)22-16(18-12)15-5-4-6-23-15/h4-9H,1-3H3/b12-8+. The minimum absolute atomic E-state index is 0.234. The Morgan fingerprint density at radius 1 is 1.22 bits per heavy atom. The molecule has 0 amide bonds. The summed E-state index contributed by atoms with van der Waals surface area (Å²) >= 11 is 1.47. The van der Waals surface area contributed by atoms with Crippen LogP contribution in [-0.4, -0.2) is 26.1 Å². The van der Waals surface area contributed by atoms with Crippen LogP contribution in [0.1, 0.15) is 16.0 Å².